The van der Waals surface area contributed by atoms with Crippen molar-refractivity contribution in [2.45, 2.75) is 138 Å². The predicted molar refractivity (Wildman–Crippen MR) is 185 cm³/mol. The fourth-order valence-electron chi connectivity index (χ4n) is 12.8. The van der Waals surface area contributed by atoms with E-state index in [9.17, 15) is 19.6 Å². The molecule has 0 aromatic heterocycles. The summed E-state index contributed by atoms with van der Waals surface area (Å²) < 4.78 is 0. The van der Waals surface area contributed by atoms with Gasteiger partial charge in [-0.25, -0.2) is 9.80 Å². The van der Waals surface area contributed by atoms with Gasteiger partial charge in [0.25, 0.3) is 0 Å². The van der Waals surface area contributed by atoms with Crippen LogP contribution in [-0.2, 0) is 19.3 Å². The molecule has 0 aromatic carbocycles. The molecule has 1 saturated heterocycles. The Kier molecular flexibility index (Phi) is 9.98. The van der Waals surface area contributed by atoms with E-state index in [1.165, 1.54) is 38.5 Å². The Morgan fingerprint density at radius 2 is 1.55 bits per heavy atom. The SMILES string of the molecule is CC(=O)NN1CCC(N(C)C)CC1.CC(C)C1=C2[C@H]3CC[C@@H]4[C@@]5(C)CCCC(C)(C)[C@@H]5CC[C@@]4(C)[C@]3(C)CC[C@@]2(C(=O)OO)CC1=O. The number of fused-ring (bicyclic) bond motifs is 7. The number of rotatable bonds is 4. The Labute approximate surface area is 284 Å². The van der Waals surface area contributed by atoms with Crippen LogP contribution in [0.15, 0.2) is 11.1 Å². The van der Waals surface area contributed by atoms with Crippen molar-refractivity contribution in [1.29, 1.82) is 0 Å². The minimum atomic E-state index is -0.952. The molecular weight excluding hydrogens is 590 g/mol. The van der Waals surface area contributed by atoms with Gasteiger partial charge in [0, 0.05) is 32.5 Å². The summed E-state index contributed by atoms with van der Waals surface area (Å²) in [5.74, 6) is 1.26. The maximum Gasteiger partial charge on any atom is 0.352 e. The van der Waals surface area contributed by atoms with Gasteiger partial charge >= 0.3 is 5.97 Å². The number of nitrogens with zero attached hydrogens (tertiary/aromatic N) is 2. The van der Waals surface area contributed by atoms with Crippen LogP contribution in [0.3, 0.4) is 0 Å². The number of allylic oxidation sites excluding steroid dienone is 1. The van der Waals surface area contributed by atoms with E-state index in [-0.39, 0.29) is 40.8 Å². The van der Waals surface area contributed by atoms with Crippen molar-refractivity contribution in [3.63, 3.8) is 0 Å². The van der Waals surface area contributed by atoms with Crippen molar-refractivity contribution in [2.24, 2.45) is 50.7 Å². The van der Waals surface area contributed by atoms with E-state index < -0.39 is 11.4 Å². The zero-order valence-electron chi connectivity index (χ0n) is 31.3. The predicted octanol–water partition coefficient (Wildman–Crippen LogP) is 7.44. The summed E-state index contributed by atoms with van der Waals surface area (Å²) in [4.78, 5) is 43.8. The highest BCUT2D eigenvalue weighted by atomic mass is 17.1. The molecule has 2 N–H and O–H groups in total. The summed E-state index contributed by atoms with van der Waals surface area (Å²) in [6.45, 7) is 20.3. The van der Waals surface area contributed by atoms with E-state index in [2.05, 4.69) is 77.8 Å². The fraction of sp³-hybridized carbons (Fsp3) is 0.872. The van der Waals surface area contributed by atoms with Gasteiger partial charge in [-0.1, -0.05) is 54.9 Å². The zero-order chi connectivity index (χ0) is 34.7. The van der Waals surface area contributed by atoms with Crippen LogP contribution in [-0.4, -0.2) is 66.1 Å². The van der Waals surface area contributed by atoms with E-state index in [0.29, 0.717) is 29.2 Å². The average molecular weight is 656 g/mol. The molecule has 8 heteroatoms. The van der Waals surface area contributed by atoms with Crippen LogP contribution in [0.5, 0.6) is 0 Å². The number of hydrazine groups is 1. The normalized spacial score (nSPS) is 40.1. The third kappa shape index (κ3) is 5.84. The van der Waals surface area contributed by atoms with Crippen LogP contribution in [0.4, 0.5) is 0 Å². The summed E-state index contributed by atoms with van der Waals surface area (Å²) >= 11 is 0. The highest BCUT2D eigenvalue weighted by Crippen LogP contribution is 2.76. The summed E-state index contributed by atoms with van der Waals surface area (Å²) in [7, 11) is 4.22. The molecule has 1 aliphatic heterocycles. The van der Waals surface area contributed by atoms with E-state index in [1.807, 2.05) is 5.01 Å². The summed E-state index contributed by atoms with van der Waals surface area (Å²) in [5, 5.41) is 11.5. The summed E-state index contributed by atoms with van der Waals surface area (Å²) in [6, 6.07) is 0.671. The Balaban J connectivity index is 0.000000281. The molecule has 5 fully saturated rings. The second-order valence-electron chi connectivity index (χ2n) is 18.3. The molecule has 0 unspecified atom stereocenters. The van der Waals surface area contributed by atoms with E-state index in [4.69, 9.17) is 0 Å². The number of nitrogens with one attached hydrogen (secondary N) is 1. The lowest BCUT2D eigenvalue weighted by molar-refractivity contribution is -0.250. The van der Waals surface area contributed by atoms with Crippen LogP contribution in [0.25, 0.3) is 0 Å². The molecule has 0 spiro atoms. The second-order valence-corrected chi connectivity index (χ2v) is 18.3. The molecule has 6 aliphatic rings. The lowest BCUT2D eigenvalue weighted by Crippen LogP contribution is -2.64. The molecule has 47 heavy (non-hydrogen) atoms. The first-order chi connectivity index (χ1) is 21.9. The molecule has 1 heterocycles. The Hall–Kier alpha value is -1.77. The molecule has 0 radical (unpaired) electrons. The molecule has 1 amide bonds. The lowest BCUT2D eigenvalue weighted by atomic mass is 9.33. The number of amides is 1. The third-order valence-electron chi connectivity index (χ3n) is 15.2. The third-order valence-corrected chi connectivity index (χ3v) is 15.2. The van der Waals surface area contributed by atoms with Crippen molar-refractivity contribution in [1.82, 2.24) is 15.3 Å². The molecule has 7 atom stereocenters. The number of ketones is 1. The van der Waals surface area contributed by atoms with Crippen LogP contribution >= 0.6 is 0 Å². The number of hydrogen-bond acceptors (Lipinski definition) is 7. The Bertz CT molecular complexity index is 1270. The fourth-order valence-corrected chi connectivity index (χ4v) is 12.8. The van der Waals surface area contributed by atoms with Gasteiger partial charge in [-0.3, -0.25) is 15.0 Å². The second kappa shape index (κ2) is 12.8. The van der Waals surface area contributed by atoms with E-state index >= 15 is 0 Å². The number of piperidine rings is 1. The molecule has 266 valence electrons. The number of carbonyl (C=O) groups is 3. The molecule has 4 saturated carbocycles. The van der Waals surface area contributed by atoms with Gasteiger partial charge in [-0.05, 0) is 135 Å². The van der Waals surface area contributed by atoms with Crippen LogP contribution < -0.4 is 5.43 Å². The first-order valence-corrected chi connectivity index (χ1v) is 18.7. The van der Waals surface area contributed by atoms with Crippen LogP contribution in [0.1, 0.15) is 132 Å². The van der Waals surface area contributed by atoms with Crippen molar-refractivity contribution in [2.75, 3.05) is 27.2 Å². The molecular formula is C39H65N3O5. The molecule has 6 rings (SSSR count). The van der Waals surface area contributed by atoms with Crippen molar-refractivity contribution < 1.29 is 24.5 Å². The van der Waals surface area contributed by atoms with Gasteiger partial charge in [0.05, 0.1) is 0 Å². The number of hydrogen-bond donors (Lipinski definition) is 2. The Morgan fingerprint density at radius 1 is 0.894 bits per heavy atom. The summed E-state index contributed by atoms with van der Waals surface area (Å²) in [5.41, 5.74) is 4.78. The molecule has 0 aromatic rings. The largest absolute Gasteiger partial charge is 0.352 e. The van der Waals surface area contributed by atoms with Crippen LogP contribution in [0.2, 0.25) is 0 Å². The minimum absolute atomic E-state index is 0.0308. The van der Waals surface area contributed by atoms with Gasteiger partial charge in [0.1, 0.15) is 5.41 Å². The Morgan fingerprint density at radius 3 is 2.13 bits per heavy atom. The van der Waals surface area contributed by atoms with Crippen molar-refractivity contribution >= 4 is 17.7 Å². The van der Waals surface area contributed by atoms with Crippen molar-refractivity contribution in [3.8, 4) is 0 Å². The smallest absolute Gasteiger partial charge is 0.306 e. The summed E-state index contributed by atoms with van der Waals surface area (Å²) in [6.07, 6.45) is 12.7. The maximum atomic E-state index is 13.3. The topological polar surface area (TPSA) is 99.2 Å². The van der Waals surface area contributed by atoms with Gasteiger partial charge in [-0.15, -0.1) is 0 Å². The first kappa shape index (κ1) is 36.5. The zero-order valence-corrected chi connectivity index (χ0v) is 31.3. The lowest BCUT2D eigenvalue weighted by Gasteiger charge is -2.71. The first-order valence-electron chi connectivity index (χ1n) is 18.7. The van der Waals surface area contributed by atoms with E-state index in [0.717, 1.165) is 55.8 Å². The highest BCUT2D eigenvalue weighted by molar-refractivity contribution is 6.05. The van der Waals surface area contributed by atoms with Gasteiger partial charge in [0.2, 0.25) is 5.91 Å². The van der Waals surface area contributed by atoms with E-state index in [1.54, 1.807) is 6.92 Å². The quantitative estimate of drug-likeness (QED) is 0.240. The van der Waals surface area contributed by atoms with Crippen molar-refractivity contribution in [3.05, 3.63) is 11.1 Å². The average Bonchev–Trinajstić information content (AvgIpc) is 3.30. The molecule has 0 bridgehead atoms. The van der Waals surface area contributed by atoms with Gasteiger partial charge in [0.15, 0.2) is 5.78 Å². The van der Waals surface area contributed by atoms with Gasteiger partial charge in [-0.2, -0.15) is 5.26 Å². The van der Waals surface area contributed by atoms with Crippen LogP contribution in [0, 0.1) is 50.7 Å². The number of carbonyl (C=O) groups excluding carboxylic acids is 3. The number of Topliss-reactive ketones (excluding diaryl/α,β-unsaturated/α-hetero) is 1. The standard InChI is InChI=1S/C30H46O4.C9H19N3O/c1-18(2)23-20(31)17-30(25(32)34-33)16-15-28(6)19(24(23)30)9-10-22-27(5)13-8-12-26(3,4)21(27)11-14-29(22,28)7;1-8(13)10-12-6-4-9(5-7-12)11(2)3/h18-19,21-22,33H,8-17H2,1-7H3;9H,4-7H2,1-3H3,(H,10,13)/t19-,21+,22-,27+,28-,29-,30-;/m1./s1. The molecule has 8 nitrogen and oxygen atoms in total. The van der Waals surface area contributed by atoms with Gasteiger partial charge < -0.3 is 9.79 Å². The monoisotopic (exact) mass is 655 g/mol. The molecule has 5 aliphatic carbocycles. The minimum Gasteiger partial charge on any atom is -0.306 e. The maximum absolute atomic E-state index is 13.3. The highest BCUT2D eigenvalue weighted by Gasteiger charge is 2.70.